The molecule has 1 aliphatic heterocycles. The molecule has 7 nitrogen and oxygen atoms in total. The highest BCUT2D eigenvalue weighted by Gasteiger charge is 2.31. The number of aromatic amines is 1. The summed E-state index contributed by atoms with van der Waals surface area (Å²) in [7, 11) is 1.53. The Morgan fingerprint density at radius 3 is 2.31 bits per heavy atom. The van der Waals surface area contributed by atoms with E-state index in [1.54, 1.807) is 18.2 Å². The largest absolute Gasteiger partial charge is 0.496 e. The molecule has 2 aromatic rings. The van der Waals surface area contributed by atoms with Crippen LogP contribution in [0.15, 0.2) is 48.8 Å². The molecule has 7 heteroatoms. The molecule has 1 atom stereocenters. The highest BCUT2D eigenvalue weighted by atomic mass is 16.5. The molecule has 29 heavy (non-hydrogen) atoms. The van der Waals surface area contributed by atoms with Crippen LogP contribution >= 0.6 is 0 Å². The number of methoxy groups -OCH3 is 1. The molecule has 2 amide bonds. The van der Waals surface area contributed by atoms with Crippen LogP contribution in [-0.4, -0.2) is 56.0 Å². The Labute approximate surface area is 171 Å². The van der Waals surface area contributed by atoms with Crippen LogP contribution in [0.2, 0.25) is 0 Å². The molecule has 2 heterocycles. The minimum atomic E-state index is -0.578. The van der Waals surface area contributed by atoms with Crippen LogP contribution in [-0.2, 0) is 4.79 Å². The fraction of sp³-hybridized carbons (Fsp3) is 0.409. The van der Waals surface area contributed by atoms with Gasteiger partial charge in [-0.05, 0) is 18.1 Å². The van der Waals surface area contributed by atoms with Crippen LogP contribution in [0, 0.1) is 5.92 Å². The predicted molar refractivity (Wildman–Crippen MR) is 111 cm³/mol. The first-order valence-electron chi connectivity index (χ1n) is 9.95. The van der Waals surface area contributed by atoms with E-state index in [1.165, 1.54) is 7.11 Å². The summed E-state index contributed by atoms with van der Waals surface area (Å²) >= 11 is 0. The van der Waals surface area contributed by atoms with Gasteiger partial charge in [0.05, 0.1) is 12.7 Å². The zero-order valence-corrected chi connectivity index (χ0v) is 17.2. The molecule has 0 aliphatic carbocycles. The van der Waals surface area contributed by atoms with Gasteiger partial charge in [0.25, 0.3) is 5.91 Å². The van der Waals surface area contributed by atoms with Gasteiger partial charge in [-0.3, -0.25) is 9.59 Å². The average Bonchev–Trinajstić information content (AvgIpc) is 2.77. The predicted octanol–water partition coefficient (Wildman–Crippen LogP) is 1.61. The van der Waals surface area contributed by atoms with Crippen LogP contribution in [0.3, 0.4) is 0 Å². The van der Waals surface area contributed by atoms with Gasteiger partial charge < -0.3 is 19.9 Å². The zero-order valence-electron chi connectivity index (χ0n) is 17.2. The fourth-order valence-corrected chi connectivity index (χ4v) is 3.54. The third-order valence-corrected chi connectivity index (χ3v) is 5.23. The SMILES string of the molecule is COc1ccccc1C(=O)N[C@H](C(=O)N1CCN(c2cc[nH+]cc2)CC1)C(C)C. The van der Waals surface area contributed by atoms with Crippen molar-refractivity contribution < 1.29 is 19.3 Å². The van der Waals surface area contributed by atoms with Gasteiger partial charge in [0.2, 0.25) is 5.91 Å². The number of nitrogens with zero attached hydrogens (tertiary/aromatic N) is 2. The van der Waals surface area contributed by atoms with Gasteiger partial charge in [-0.2, -0.15) is 0 Å². The van der Waals surface area contributed by atoms with E-state index in [0.29, 0.717) is 24.4 Å². The number of hydrogen-bond donors (Lipinski definition) is 1. The molecular weight excluding hydrogens is 368 g/mol. The number of piperazine rings is 1. The summed E-state index contributed by atoms with van der Waals surface area (Å²) in [4.78, 5) is 33.1. The standard InChI is InChI=1S/C22H28N4O3/c1-16(2)20(24-21(27)18-6-4-5-7-19(18)29-3)22(28)26-14-12-25(13-15-26)17-8-10-23-11-9-17/h4-11,16,20H,12-15H2,1-3H3,(H,24,27)/p+1/t20-/m0/s1. The lowest BCUT2D eigenvalue weighted by molar-refractivity contribution is -0.377. The van der Waals surface area contributed by atoms with Crippen molar-refractivity contribution in [3.63, 3.8) is 0 Å². The molecule has 1 saturated heterocycles. The van der Waals surface area contributed by atoms with Crippen molar-refractivity contribution in [2.24, 2.45) is 5.92 Å². The van der Waals surface area contributed by atoms with E-state index in [2.05, 4.69) is 15.2 Å². The second-order valence-corrected chi connectivity index (χ2v) is 7.47. The summed E-state index contributed by atoms with van der Waals surface area (Å²) < 4.78 is 5.28. The van der Waals surface area contributed by atoms with E-state index < -0.39 is 6.04 Å². The number of hydrogen-bond acceptors (Lipinski definition) is 4. The number of pyridine rings is 1. The Kier molecular flexibility index (Phi) is 6.69. The molecule has 0 bridgehead atoms. The lowest BCUT2D eigenvalue weighted by atomic mass is 10.0. The van der Waals surface area contributed by atoms with Gasteiger partial charge in [0.1, 0.15) is 11.8 Å². The summed E-state index contributed by atoms with van der Waals surface area (Å²) in [6.07, 6.45) is 3.80. The first-order chi connectivity index (χ1) is 14.0. The first kappa shape index (κ1) is 20.6. The Bertz CT molecular complexity index is 833. The Morgan fingerprint density at radius 1 is 1.03 bits per heavy atom. The van der Waals surface area contributed by atoms with Crippen LogP contribution in [0.25, 0.3) is 0 Å². The van der Waals surface area contributed by atoms with Crippen molar-refractivity contribution >= 4 is 17.5 Å². The molecule has 154 valence electrons. The number of carbonyl (C=O) groups excluding carboxylic acids is 2. The minimum absolute atomic E-state index is 0.0242. The van der Waals surface area contributed by atoms with Crippen LogP contribution in [0.4, 0.5) is 5.69 Å². The highest BCUT2D eigenvalue weighted by Crippen LogP contribution is 2.19. The molecule has 1 aromatic carbocycles. The smallest absolute Gasteiger partial charge is 0.255 e. The summed E-state index contributed by atoms with van der Waals surface area (Å²) in [6.45, 7) is 6.68. The van der Waals surface area contributed by atoms with Gasteiger partial charge in [0, 0.05) is 44.0 Å². The van der Waals surface area contributed by atoms with Crippen molar-refractivity contribution in [1.82, 2.24) is 10.2 Å². The maximum atomic E-state index is 13.2. The molecule has 0 spiro atoms. The van der Waals surface area contributed by atoms with Crippen molar-refractivity contribution in [1.29, 1.82) is 0 Å². The Hall–Kier alpha value is -3.09. The molecule has 1 aromatic heterocycles. The number of amides is 2. The van der Waals surface area contributed by atoms with Crippen molar-refractivity contribution in [3.8, 4) is 5.75 Å². The second kappa shape index (κ2) is 9.41. The maximum Gasteiger partial charge on any atom is 0.255 e. The number of anilines is 1. The van der Waals surface area contributed by atoms with Crippen molar-refractivity contribution in [2.45, 2.75) is 19.9 Å². The van der Waals surface area contributed by atoms with Crippen molar-refractivity contribution in [3.05, 3.63) is 54.4 Å². The summed E-state index contributed by atoms with van der Waals surface area (Å²) in [5.74, 6) is 0.135. The average molecular weight is 397 g/mol. The molecule has 0 saturated carbocycles. The minimum Gasteiger partial charge on any atom is -0.496 e. The van der Waals surface area contributed by atoms with Crippen LogP contribution in [0.1, 0.15) is 24.2 Å². The van der Waals surface area contributed by atoms with Gasteiger partial charge in [-0.1, -0.05) is 26.0 Å². The lowest BCUT2D eigenvalue weighted by Gasteiger charge is -2.38. The van der Waals surface area contributed by atoms with Crippen LogP contribution in [0.5, 0.6) is 5.75 Å². The third kappa shape index (κ3) is 4.85. The fourth-order valence-electron chi connectivity index (χ4n) is 3.54. The number of benzene rings is 1. The molecule has 1 fully saturated rings. The zero-order chi connectivity index (χ0) is 20.8. The molecular formula is C22H29N4O3+. The summed E-state index contributed by atoms with van der Waals surface area (Å²) in [6, 6.07) is 10.5. The highest BCUT2D eigenvalue weighted by molar-refractivity contribution is 5.99. The topological polar surface area (TPSA) is 76.0 Å². The van der Waals surface area contributed by atoms with Gasteiger partial charge in [-0.25, -0.2) is 4.98 Å². The van der Waals surface area contributed by atoms with E-state index in [4.69, 9.17) is 4.74 Å². The molecule has 0 unspecified atom stereocenters. The monoisotopic (exact) mass is 397 g/mol. The molecule has 3 rings (SSSR count). The van der Waals surface area contributed by atoms with E-state index in [9.17, 15) is 9.59 Å². The van der Waals surface area contributed by atoms with E-state index in [-0.39, 0.29) is 17.7 Å². The number of carbonyl (C=O) groups is 2. The number of aromatic nitrogens is 1. The summed E-state index contributed by atoms with van der Waals surface area (Å²) in [5.41, 5.74) is 1.57. The number of ether oxygens (including phenoxy) is 1. The number of H-pyrrole nitrogens is 1. The van der Waals surface area contributed by atoms with E-state index in [0.717, 1.165) is 18.8 Å². The third-order valence-electron chi connectivity index (χ3n) is 5.23. The first-order valence-corrected chi connectivity index (χ1v) is 9.95. The van der Waals surface area contributed by atoms with E-state index >= 15 is 0 Å². The van der Waals surface area contributed by atoms with Gasteiger partial charge in [0.15, 0.2) is 12.4 Å². The molecule has 0 radical (unpaired) electrons. The molecule has 2 N–H and O–H groups in total. The van der Waals surface area contributed by atoms with Gasteiger partial charge in [-0.15, -0.1) is 0 Å². The maximum absolute atomic E-state index is 13.2. The van der Waals surface area contributed by atoms with Crippen molar-refractivity contribution in [2.75, 3.05) is 38.2 Å². The molecule has 1 aliphatic rings. The van der Waals surface area contributed by atoms with E-state index in [1.807, 2.05) is 49.3 Å². The number of rotatable bonds is 6. The quantitative estimate of drug-likeness (QED) is 0.804. The van der Waals surface area contributed by atoms with Gasteiger partial charge >= 0.3 is 0 Å². The lowest BCUT2D eigenvalue weighted by Crippen LogP contribution is -2.56. The number of nitrogens with one attached hydrogen (secondary N) is 2. The second-order valence-electron chi connectivity index (χ2n) is 7.47. The summed E-state index contributed by atoms with van der Waals surface area (Å²) in [5, 5.41) is 2.92. The normalized spacial score (nSPS) is 15.2. The van der Waals surface area contributed by atoms with Crippen LogP contribution < -0.4 is 19.9 Å². The number of para-hydroxylation sites is 1. The Morgan fingerprint density at radius 2 is 1.69 bits per heavy atom. The Balaban J connectivity index is 1.65.